The number of aliphatic imine (C=N–C) groups is 2. The molecule has 0 bridgehead atoms. The molecular formula is C10H12F3N3. The molecule has 0 aliphatic carbocycles. The van der Waals surface area contributed by atoms with Gasteiger partial charge in [-0.3, -0.25) is 4.99 Å². The zero-order valence-electron chi connectivity index (χ0n) is 9.04. The molecule has 0 radical (unpaired) electrons. The summed E-state index contributed by atoms with van der Waals surface area (Å²) in [5, 5.41) is 0. The van der Waals surface area contributed by atoms with Gasteiger partial charge in [0.05, 0.1) is 12.2 Å². The van der Waals surface area contributed by atoms with Crippen LogP contribution in [-0.4, -0.2) is 37.2 Å². The molecule has 1 rings (SSSR count). The summed E-state index contributed by atoms with van der Waals surface area (Å²) in [6, 6.07) is 0. The van der Waals surface area contributed by atoms with Gasteiger partial charge in [-0.15, -0.1) is 0 Å². The molecule has 0 atom stereocenters. The summed E-state index contributed by atoms with van der Waals surface area (Å²) in [5.74, 6) is 0.778. The van der Waals surface area contributed by atoms with E-state index < -0.39 is 11.9 Å². The molecule has 0 aromatic rings. The first-order chi connectivity index (χ1) is 7.34. The number of hydrogen-bond acceptors (Lipinski definition) is 3. The van der Waals surface area contributed by atoms with Crippen LogP contribution in [0.2, 0.25) is 0 Å². The summed E-state index contributed by atoms with van der Waals surface area (Å²) in [7, 11) is 1.82. The van der Waals surface area contributed by atoms with E-state index in [9.17, 15) is 13.2 Å². The third-order valence-corrected chi connectivity index (χ3v) is 2.15. The lowest BCUT2D eigenvalue weighted by Gasteiger charge is -2.08. The Morgan fingerprint density at radius 3 is 2.56 bits per heavy atom. The summed E-state index contributed by atoms with van der Waals surface area (Å²) in [5.41, 5.74) is -0.437. The minimum atomic E-state index is -4.47. The van der Waals surface area contributed by atoms with Gasteiger partial charge in [0.1, 0.15) is 11.5 Å². The fraction of sp³-hybridized carbons (Fsp3) is 0.400. The van der Waals surface area contributed by atoms with Crippen LogP contribution in [0.3, 0.4) is 0 Å². The van der Waals surface area contributed by atoms with Crippen molar-refractivity contribution in [1.29, 1.82) is 0 Å². The van der Waals surface area contributed by atoms with Crippen LogP contribution >= 0.6 is 0 Å². The quantitative estimate of drug-likeness (QED) is 0.670. The molecule has 0 saturated heterocycles. The van der Waals surface area contributed by atoms with E-state index in [1.165, 1.54) is 6.08 Å². The highest BCUT2D eigenvalue weighted by molar-refractivity contribution is 5.83. The first kappa shape index (κ1) is 12.5. The molecule has 0 saturated carbocycles. The number of hydrogen-bond donors (Lipinski definition) is 0. The SMILES string of the molecule is C=N/C(=C\C=C1/CN(C)C(C)=N1)C(F)(F)F. The van der Waals surface area contributed by atoms with Crippen LogP contribution in [-0.2, 0) is 0 Å². The van der Waals surface area contributed by atoms with Gasteiger partial charge in [-0.2, -0.15) is 13.2 Å². The van der Waals surface area contributed by atoms with Gasteiger partial charge in [-0.05, 0) is 25.8 Å². The van der Waals surface area contributed by atoms with Crippen LogP contribution in [0.1, 0.15) is 6.92 Å². The zero-order chi connectivity index (χ0) is 12.3. The van der Waals surface area contributed by atoms with E-state index in [2.05, 4.69) is 16.7 Å². The third kappa shape index (κ3) is 2.95. The molecule has 1 aliphatic heterocycles. The summed E-state index contributed by atoms with van der Waals surface area (Å²) in [4.78, 5) is 8.87. The highest BCUT2D eigenvalue weighted by Crippen LogP contribution is 2.26. The van der Waals surface area contributed by atoms with Crippen LogP contribution in [0.5, 0.6) is 0 Å². The fourth-order valence-electron chi connectivity index (χ4n) is 1.19. The van der Waals surface area contributed by atoms with Crippen LogP contribution in [0.15, 0.2) is 33.5 Å². The first-order valence-electron chi connectivity index (χ1n) is 4.56. The van der Waals surface area contributed by atoms with Gasteiger partial charge in [0.15, 0.2) is 0 Å². The molecule has 6 heteroatoms. The topological polar surface area (TPSA) is 28.0 Å². The predicted octanol–water partition coefficient (Wildman–Crippen LogP) is 2.38. The zero-order valence-corrected chi connectivity index (χ0v) is 9.04. The van der Waals surface area contributed by atoms with E-state index in [0.29, 0.717) is 12.2 Å². The molecule has 3 nitrogen and oxygen atoms in total. The van der Waals surface area contributed by atoms with Crippen molar-refractivity contribution in [2.24, 2.45) is 9.98 Å². The van der Waals surface area contributed by atoms with Crippen molar-refractivity contribution in [2.75, 3.05) is 13.6 Å². The standard InChI is InChI=1S/C10H12F3N3/c1-7-15-8(6-16(7)3)4-5-9(14-2)10(11,12)13/h4-5H,2,6H2,1,3H3/b8-4+,9-5-. The Morgan fingerprint density at radius 2 is 2.19 bits per heavy atom. The third-order valence-electron chi connectivity index (χ3n) is 2.15. The van der Waals surface area contributed by atoms with Crippen molar-refractivity contribution in [1.82, 2.24) is 4.90 Å². The van der Waals surface area contributed by atoms with Gasteiger partial charge < -0.3 is 4.90 Å². The Morgan fingerprint density at radius 1 is 1.56 bits per heavy atom. The van der Waals surface area contributed by atoms with E-state index >= 15 is 0 Å². The maximum absolute atomic E-state index is 12.3. The molecule has 16 heavy (non-hydrogen) atoms. The first-order valence-corrected chi connectivity index (χ1v) is 4.56. The van der Waals surface area contributed by atoms with Crippen molar-refractivity contribution in [3.05, 3.63) is 23.5 Å². The number of halogens is 3. The molecule has 0 aromatic carbocycles. The lowest BCUT2D eigenvalue weighted by Crippen LogP contribution is -2.18. The van der Waals surface area contributed by atoms with E-state index in [1.54, 1.807) is 6.92 Å². The average Bonchev–Trinajstić information content (AvgIpc) is 2.45. The Labute approximate surface area is 91.7 Å². The average molecular weight is 231 g/mol. The Kier molecular flexibility index (Phi) is 3.51. The van der Waals surface area contributed by atoms with Crippen molar-refractivity contribution in [2.45, 2.75) is 13.1 Å². The van der Waals surface area contributed by atoms with E-state index in [1.807, 2.05) is 11.9 Å². The molecule has 0 aromatic heterocycles. The minimum absolute atomic E-state index is 0.505. The summed E-state index contributed by atoms with van der Waals surface area (Å²) in [6.45, 7) is 5.19. The Hall–Kier alpha value is -1.59. The molecule has 1 heterocycles. The molecule has 0 fully saturated rings. The normalized spacial score (nSPS) is 20.3. The largest absolute Gasteiger partial charge is 0.433 e. The van der Waals surface area contributed by atoms with Gasteiger partial charge in [-0.25, -0.2) is 4.99 Å². The van der Waals surface area contributed by atoms with Gasteiger partial charge in [0.25, 0.3) is 0 Å². The van der Waals surface area contributed by atoms with Gasteiger partial charge >= 0.3 is 6.18 Å². The predicted molar refractivity (Wildman–Crippen MR) is 57.5 cm³/mol. The Balaban J connectivity index is 2.87. The molecule has 0 amide bonds. The molecule has 0 N–H and O–H groups in total. The second-order valence-corrected chi connectivity index (χ2v) is 3.38. The highest BCUT2D eigenvalue weighted by atomic mass is 19.4. The fourth-order valence-corrected chi connectivity index (χ4v) is 1.19. The van der Waals surface area contributed by atoms with Crippen molar-refractivity contribution < 1.29 is 13.2 Å². The van der Waals surface area contributed by atoms with Crippen molar-refractivity contribution >= 4 is 12.6 Å². The van der Waals surface area contributed by atoms with E-state index in [-0.39, 0.29) is 0 Å². The van der Waals surface area contributed by atoms with Crippen LogP contribution in [0.25, 0.3) is 0 Å². The van der Waals surface area contributed by atoms with Gasteiger partial charge in [0, 0.05) is 7.05 Å². The second-order valence-electron chi connectivity index (χ2n) is 3.38. The lowest BCUT2D eigenvalue weighted by atomic mass is 10.3. The number of amidine groups is 1. The van der Waals surface area contributed by atoms with Gasteiger partial charge in [-0.1, -0.05) is 0 Å². The summed E-state index contributed by atoms with van der Waals surface area (Å²) in [6.07, 6.45) is -2.27. The number of likely N-dealkylation sites (N-methyl/N-ethyl adjacent to an activating group) is 1. The Bertz CT molecular complexity index is 377. The highest BCUT2D eigenvalue weighted by Gasteiger charge is 2.32. The monoisotopic (exact) mass is 231 g/mol. The molecule has 0 unspecified atom stereocenters. The maximum Gasteiger partial charge on any atom is 0.433 e. The second kappa shape index (κ2) is 4.51. The maximum atomic E-state index is 12.3. The number of rotatable bonds is 2. The molecule has 88 valence electrons. The number of alkyl halides is 3. The molecule has 1 aliphatic rings. The smallest absolute Gasteiger partial charge is 0.357 e. The molecular weight excluding hydrogens is 219 g/mol. The number of nitrogens with zero attached hydrogens (tertiary/aromatic N) is 3. The van der Waals surface area contributed by atoms with E-state index in [4.69, 9.17) is 0 Å². The number of allylic oxidation sites excluding steroid dienone is 3. The lowest BCUT2D eigenvalue weighted by molar-refractivity contribution is -0.0922. The van der Waals surface area contributed by atoms with Gasteiger partial charge in [0.2, 0.25) is 0 Å². The van der Waals surface area contributed by atoms with Crippen LogP contribution in [0, 0.1) is 0 Å². The van der Waals surface area contributed by atoms with Crippen LogP contribution in [0.4, 0.5) is 13.2 Å². The van der Waals surface area contributed by atoms with Crippen molar-refractivity contribution in [3.8, 4) is 0 Å². The van der Waals surface area contributed by atoms with Crippen molar-refractivity contribution in [3.63, 3.8) is 0 Å². The minimum Gasteiger partial charge on any atom is -0.357 e. The van der Waals surface area contributed by atoms with E-state index in [0.717, 1.165) is 11.9 Å². The van der Waals surface area contributed by atoms with Crippen LogP contribution < -0.4 is 0 Å². The molecule has 0 spiro atoms. The summed E-state index contributed by atoms with van der Waals surface area (Å²) < 4.78 is 36.8. The summed E-state index contributed by atoms with van der Waals surface area (Å²) >= 11 is 0.